The first-order valence-electron chi connectivity index (χ1n) is 10.3. The summed E-state index contributed by atoms with van der Waals surface area (Å²) in [6, 6.07) is 6.02. The summed E-state index contributed by atoms with van der Waals surface area (Å²) in [5.74, 6) is 0.617. The van der Waals surface area contributed by atoms with Crippen LogP contribution in [0.3, 0.4) is 0 Å². The molecule has 30 heavy (non-hydrogen) atoms. The number of hydrogen-bond acceptors (Lipinski definition) is 6. The van der Waals surface area contributed by atoms with E-state index < -0.39 is 0 Å². The molecular weight excluding hydrogens is 380 g/mol. The lowest BCUT2D eigenvalue weighted by Crippen LogP contribution is -2.47. The number of pyridine rings is 1. The summed E-state index contributed by atoms with van der Waals surface area (Å²) < 4.78 is 3.87. The highest BCUT2D eigenvalue weighted by Crippen LogP contribution is 2.20. The molecule has 4 aromatic rings. The Morgan fingerprint density at radius 1 is 1.10 bits per heavy atom. The second-order valence-electron chi connectivity index (χ2n) is 8.82. The van der Waals surface area contributed by atoms with Gasteiger partial charge in [0.05, 0.1) is 17.4 Å². The molecule has 1 saturated heterocycles. The minimum absolute atomic E-state index is 0.141. The fourth-order valence-electron chi connectivity index (χ4n) is 3.96. The molecule has 4 aromatic heterocycles. The Hall–Kier alpha value is -3.20. The summed E-state index contributed by atoms with van der Waals surface area (Å²) in [4.78, 5) is 29.5. The van der Waals surface area contributed by atoms with Crippen molar-refractivity contribution >= 4 is 22.6 Å². The van der Waals surface area contributed by atoms with Gasteiger partial charge in [0.1, 0.15) is 11.0 Å². The average molecular weight is 406 g/mol. The molecule has 9 heteroatoms. The van der Waals surface area contributed by atoms with Gasteiger partial charge < -0.3 is 9.30 Å². The number of nitrogens with one attached hydrogen (secondary N) is 1. The fraction of sp³-hybridized carbons (Fsp3) is 0.429. The first-order valence-corrected chi connectivity index (χ1v) is 10.3. The molecule has 0 atom stereocenters. The second kappa shape index (κ2) is 6.94. The maximum atomic E-state index is 12.6. The van der Waals surface area contributed by atoms with Crippen LogP contribution in [-0.4, -0.2) is 60.2 Å². The third-order valence-corrected chi connectivity index (χ3v) is 5.53. The number of anilines is 1. The first kappa shape index (κ1) is 18.8. The van der Waals surface area contributed by atoms with E-state index >= 15 is 0 Å². The van der Waals surface area contributed by atoms with E-state index in [2.05, 4.69) is 46.9 Å². The van der Waals surface area contributed by atoms with E-state index in [1.54, 1.807) is 6.20 Å². The van der Waals surface area contributed by atoms with E-state index in [0.29, 0.717) is 17.0 Å². The summed E-state index contributed by atoms with van der Waals surface area (Å²) in [5.41, 5.74) is 2.28. The van der Waals surface area contributed by atoms with E-state index in [1.165, 1.54) is 0 Å². The maximum Gasteiger partial charge on any atom is 0.263 e. The third-order valence-electron chi connectivity index (χ3n) is 5.53. The molecule has 1 aliphatic heterocycles. The minimum atomic E-state index is -0.243. The van der Waals surface area contributed by atoms with Crippen molar-refractivity contribution < 1.29 is 0 Å². The van der Waals surface area contributed by atoms with Crippen molar-refractivity contribution in [3.05, 3.63) is 52.8 Å². The normalized spacial score (nSPS) is 16.0. The Morgan fingerprint density at radius 2 is 1.90 bits per heavy atom. The summed E-state index contributed by atoms with van der Waals surface area (Å²) in [6.07, 6.45) is 5.70. The molecule has 0 amide bonds. The van der Waals surface area contributed by atoms with Crippen molar-refractivity contribution in [2.45, 2.75) is 32.9 Å². The Bertz CT molecular complexity index is 1220. The largest absolute Gasteiger partial charge is 0.340 e. The van der Waals surface area contributed by atoms with E-state index in [0.717, 1.165) is 44.1 Å². The molecule has 0 bridgehead atoms. The molecule has 1 fully saturated rings. The lowest BCUT2D eigenvalue weighted by Gasteiger charge is -2.34. The van der Waals surface area contributed by atoms with Gasteiger partial charge in [-0.3, -0.25) is 14.7 Å². The van der Waals surface area contributed by atoms with Crippen LogP contribution in [0.15, 0.2) is 41.6 Å². The SMILES string of the molecule is CC(C)(C)n1ncc2c(=O)[nH]c(N3CCN(Cc4cn5ccccc5n4)CC3)nc21. The van der Waals surface area contributed by atoms with Crippen LogP contribution in [0.25, 0.3) is 16.7 Å². The van der Waals surface area contributed by atoms with Crippen molar-refractivity contribution in [2.24, 2.45) is 0 Å². The van der Waals surface area contributed by atoms with Gasteiger partial charge in [0.2, 0.25) is 5.95 Å². The molecule has 0 saturated carbocycles. The Kier molecular flexibility index (Phi) is 4.35. The Balaban J connectivity index is 1.32. The van der Waals surface area contributed by atoms with Gasteiger partial charge in [-0.05, 0) is 32.9 Å². The van der Waals surface area contributed by atoms with Crippen molar-refractivity contribution in [1.82, 2.24) is 34.0 Å². The van der Waals surface area contributed by atoms with Crippen LogP contribution >= 0.6 is 0 Å². The smallest absolute Gasteiger partial charge is 0.263 e. The number of piperazine rings is 1. The van der Waals surface area contributed by atoms with Gasteiger partial charge in [-0.2, -0.15) is 10.1 Å². The maximum absolute atomic E-state index is 12.6. The molecular formula is C21H26N8O. The second-order valence-corrected chi connectivity index (χ2v) is 8.82. The quantitative estimate of drug-likeness (QED) is 0.559. The molecule has 0 spiro atoms. The molecule has 0 radical (unpaired) electrons. The highest BCUT2D eigenvalue weighted by molar-refractivity contribution is 5.74. The highest BCUT2D eigenvalue weighted by Gasteiger charge is 2.23. The van der Waals surface area contributed by atoms with Crippen LogP contribution in [0.4, 0.5) is 5.95 Å². The number of nitrogens with zero attached hydrogens (tertiary/aromatic N) is 7. The van der Waals surface area contributed by atoms with Crippen molar-refractivity contribution in [1.29, 1.82) is 0 Å². The predicted octanol–water partition coefficient (Wildman–Crippen LogP) is 1.84. The van der Waals surface area contributed by atoms with Crippen molar-refractivity contribution in [3.8, 4) is 0 Å². The molecule has 0 aromatic carbocycles. The molecule has 0 unspecified atom stereocenters. The van der Waals surface area contributed by atoms with Gasteiger partial charge in [0.25, 0.3) is 5.56 Å². The number of aromatic amines is 1. The molecule has 5 heterocycles. The van der Waals surface area contributed by atoms with Crippen LogP contribution in [0, 0.1) is 0 Å². The van der Waals surface area contributed by atoms with Crippen LogP contribution in [0.1, 0.15) is 26.5 Å². The van der Waals surface area contributed by atoms with Gasteiger partial charge in [-0.1, -0.05) is 6.07 Å². The number of imidazole rings is 1. The Labute approximate surface area is 174 Å². The number of fused-ring (bicyclic) bond motifs is 2. The van der Waals surface area contributed by atoms with E-state index in [4.69, 9.17) is 9.97 Å². The van der Waals surface area contributed by atoms with Crippen LogP contribution in [0.5, 0.6) is 0 Å². The molecule has 156 valence electrons. The monoisotopic (exact) mass is 406 g/mol. The van der Waals surface area contributed by atoms with Gasteiger partial charge >= 0.3 is 0 Å². The molecule has 0 aliphatic carbocycles. The summed E-state index contributed by atoms with van der Waals surface area (Å²) >= 11 is 0. The number of H-pyrrole nitrogens is 1. The van der Waals surface area contributed by atoms with Crippen molar-refractivity contribution in [3.63, 3.8) is 0 Å². The molecule has 1 aliphatic rings. The zero-order valence-electron chi connectivity index (χ0n) is 17.5. The zero-order chi connectivity index (χ0) is 20.9. The van der Waals surface area contributed by atoms with Gasteiger partial charge in [-0.15, -0.1) is 0 Å². The standard InChI is InChI=1S/C21H26N8O/c1-21(2,3)29-18-16(12-22-29)19(30)25-20(24-18)27-10-8-26(9-11-27)13-15-14-28-7-5-4-6-17(28)23-15/h4-7,12,14H,8-11,13H2,1-3H3,(H,24,25,30). The van der Waals surface area contributed by atoms with Gasteiger partial charge in [0, 0.05) is 45.1 Å². The summed E-state index contributed by atoms with van der Waals surface area (Å²) in [7, 11) is 0. The van der Waals surface area contributed by atoms with Gasteiger partial charge in [-0.25, -0.2) is 9.67 Å². The van der Waals surface area contributed by atoms with E-state index in [9.17, 15) is 4.79 Å². The number of rotatable bonds is 3. The fourth-order valence-corrected chi connectivity index (χ4v) is 3.96. The molecule has 1 N–H and O–H groups in total. The number of hydrogen-bond donors (Lipinski definition) is 1. The number of aromatic nitrogens is 6. The lowest BCUT2D eigenvalue weighted by molar-refractivity contribution is 0.246. The third kappa shape index (κ3) is 3.35. The molecule has 5 rings (SSSR count). The Morgan fingerprint density at radius 3 is 2.63 bits per heavy atom. The van der Waals surface area contributed by atoms with E-state index in [1.807, 2.05) is 33.5 Å². The van der Waals surface area contributed by atoms with Crippen LogP contribution in [0.2, 0.25) is 0 Å². The van der Waals surface area contributed by atoms with Crippen molar-refractivity contribution in [2.75, 3.05) is 31.1 Å². The van der Waals surface area contributed by atoms with Crippen LogP contribution < -0.4 is 10.5 Å². The summed E-state index contributed by atoms with van der Waals surface area (Å²) in [6.45, 7) is 10.3. The minimum Gasteiger partial charge on any atom is -0.340 e. The topological polar surface area (TPSA) is 87.4 Å². The van der Waals surface area contributed by atoms with Gasteiger partial charge in [0.15, 0.2) is 5.65 Å². The van der Waals surface area contributed by atoms with Crippen LogP contribution in [-0.2, 0) is 12.1 Å². The average Bonchev–Trinajstić information content (AvgIpc) is 3.32. The molecule has 9 nitrogen and oxygen atoms in total. The lowest BCUT2D eigenvalue weighted by atomic mass is 10.1. The predicted molar refractivity (Wildman–Crippen MR) is 116 cm³/mol. The zero-order valence-corrected chi connectivity index (χ0v) is 17.5. The highest BCUT2D eigenvalue weighted by atomic mass is 16.1. The van der Waals surface area contributed by atoms with E-state index in [-0.39, 0.29) is 11.1 Å². The summed E-state index contributed by atoms with van der Waals surface area (Å²) in [5, 5.41) is 4.92. The first-order chi connectivity index (χ1) is 14.4.